The maximum atomic E-state index is 13.7. The van der Waals surface area contributed by atoms with E-state index in [9.17, 15) is 14.0 Å². The van der Waals surface area contributed by atoms with Crippen LogP contribution in [0.5, 0.6) is 0 Å². The lowest BCUT2D eigenvalue weighted by Crippen LogP contribution is -2.39. The molecule has 0 saturated carbocycles. The minimum absolute atomic E-state index is 0.00883. The summed E-state index contributed by atoms with van der Waals surface area (Å²) in [5, 5.41) is 2.93. The molecule has 1 aliphatic heterocycles. The summed E-state index contributed by atoms with van der Waals surface area (Å²) in [6.45, 7) is 4.52. The molecule has 1 fully saturated rings. The number of carbonyl (C=O) groups excluding carboxylic acids is 2. The van der Waals surface area contributed by atoms with Crippen molar-refractivity contribution < 1.29 is 14.0 Å². The molecule has 1 saturated heterocycles. The minimum Gasteiger partial charge on any atom is -0.354 e. The molecule has 1 heterocycles. The van der Waals surface area contributed by atoms with Crippen LogP contribution >= 0.6 is 0 Å². The molecule has 136 valence electrons. The van der Waals surface area contributed by atoms with Crippen LogP contribution in [0.4, 0.5) is 4.39 Å². The van der Waals surface area contributed by atoms with Crippen molar-refractivity contribution in [3.63, 3.8) is 0 Å². The van der Waals surface area contributed by atoms with E-state index in [0.29, 0.717) is 18.7 Å². The van der Waals surface area contributed by atoms with Crippen LogP contribution in [0.3, 0.4) is 0 Å². The first-order valence-electron chi connectivity index (χ1n) is 8.86. The number of hydrogen-bond acceptors (Lipinski definition) is 2. The van der Waals surface area contributed by atoms with Gasteiger partial charge >= 0.3 is 0 Å². The Hall–Kier alpha value is -2.69. The number of hydrogen-bond donors (Lipinski definition) is 1. The number of halogens is 1. The van der Waals surface area contributed by atoms with Gasteiger partial charge in [-0.1, -0.05) is 30.3 Å². The van der Waals surface area contributed by atoms with E-state index >= 15 is 0 Å². The highest BCUT2D eigenvalue weighted by molar-refractivity contribution is 5.95. The van der Waals surface area contributed by atoms with Crippen molar-refractivity contribution in [1.82, 2.24) is 10.2 Å². The van der Waals surface area contributed by atoms with Crippen LogP contribution in [0.25, 0.3) is 0 Å². The van der Waals surface area contributed by atoms with Crippen molar-refractivity contribution in [2.24, 2.45) is 5.92 Å². The predicted octanol–water partition coefficient (Wildman–Crippen LogP) is 3.21. The summed E-state index contributed by atoms with van der Waals surface area (Å²) in [5.74, 6) is -1.16. The molecular weight excluding hydrogens is 331 g/mol. The molecule has 2 atom stereocenters. The van der Waals surface area contributed by atoms with Gasteiger partial charge in [-0.05, 0) is 43.7 Å². The zero-order chi connectivity index (χ0) is 18.7. The fraction of sp³-hybridized carbons (Fsp3) is 0.333. The number of nitrogens with zero attached hydrogens (tertiary/aromatic N) is 1. The number of likely N-dealkylation sites (tertiary alicyclic amines) is 1. The van der Waals surface area contributed by atoms with Crippen LogP contribution in [-0.4, -0.2) is 35.8 Å². The van der Waals surface area contributed by atoms with Crippen LogP contribution in [0.15, 0.2) is 54.6 Å². The molecule has 2 amide bonds. The molecule has 3 rings (SSSR count). The van der Waals surface area contributed by atoms with Crippen molar-refractivity contribution in [3.8, 4) is 0 Å². The van der Waals surface area contributed by atoms with Crippen LogP contribution in [0, 0.1) is 11.7 Å². The fourth-order valence-electron chi connectivity index (χ4n) is 3.47. The van der Waals surface area contributed by atoms with Gasteiger partial charge in [0, 0.05) is 30.6 Å². The second-order valence-corrected chi connectivity index (χ2v) is 7.01. The monoisotopic (exact) mass is 354 g/mol. The Labute approximate surface area is 153 Å². The second kappa shape index (κ2) is 7.68. The van der Waals surface area contributed by atoms with Gasteiger partial charge < -0.3 is 10.2 Å². The molecule has 4 nitrogen and oxygen atoms in total. The van der Waals surface area contributed by atoms with Gasteiger partial charge in [0.15, 0.2) is 0 Å². The molecule has 0 spiro atoms. The van der Waals surface area contributed by atoms with E-state index in [0.717, 1.165) is 5.56 Å². The molecule has 0 unspecified atom stereocenters. The van der Waals surface area contributed by atoms with Gasteiger partial charge in [-0.15, -0.1) is 0 Å². The summed E-state index contributed by atoms with van der Waals surface area (Å²) in [6, 6.07) is 15.3. The summed E-state index contributed by atoms with van der Waals surface area (Å²) in [7, 11) is 0. The van der Waals surface area contributed by atoms with Gasteiger partial charge in [-0.3, -0.25) is 9.59 Å². The quantitative estimate of drug-likeness (QED) is 0.917. The molecule has 26 heavy (non-hydrogen) atoms. The third-order valence-corrected chi connectivity index (χ3v) is 4.67. The van der Waals surface area contributed by atoms with E-state index in [1.54, 1.807) is 23.1 Å². The average molecular weight is 354 g/mol. The molecule has 0 aromatic heterocycles. The van der Waals surface area contributed by atoms with Gasteiger partial charge in [-0.2, -0.15) is 0 Å². The molecule has 0 radical (unpaired) electrons. The van der Waals surface area contributed by atoms with E-state index in [2.05, 4.69) is 5.32 Å². The molecular formula is C21H23FN2O2. The van der Waals surface area contributed by atoms with Crippen molar-refractivity contribution >= 4 is 11.8 Å². The Morgan fingerprint density at radius 1 is 1.08 bits per heavy atom. The summed E-state index contributed by atoms with van der Waals surface area (Å²) < 4.78 is 13.7. The molecule has 1 aliphatic rings. The van der Waals surface area contributed by atoms with Gasteiger partial charge in [0.25, 0.3) is 5.91 Å². The summed E-state index contributed by atoms with van der Waals surface area (Å²) >= 11 is 0. The molecule has 0 aliphatic carbocycles. The van der Waals surface area contributed by atoms with Gasteiger partial charge in [-0.25, -0.2) is 4.39 Å². The van der Waals surface area contributed by atoms with Crippen molar-refractivity contribution in [1.29, 1.82) is 0 Å². The third-order valence-electron chi connectivity index (χ3n) is 4.67. The average Bonchev–Trinajstić information content (AvgIpc) is 3.07. The predicted molar refractivity (Wildman–Crippen MR) is 98.3 cm³/mol. The highest BCUT2D eigenvalue weighted by Crippen LogP contribution is 2.34. The Morgan fingerprint density at radius 2 is 1.81 bits per heavy atom. The Kier molecular flexibility index (Phi) is 5.35. The van der Waals surface area contributed by atoms with Gasteiger partial charge in [0.05, 0.1) is 5.92 Å². The largest absolute Gasteiger partial charge is 0.354 e. The second-order valence-electron chi connectivity index (χ2n) is 7.01. The van der Waals surface area contributed by atoms with Gasteiger partial charge in [0.2, 0.25) is 5.91 Å². The highest BCUT2D eigenvalue weighted by atomic mass is 19.1. The van der Waals surface area contributed by atoms with Crippen LogP contribution < -0.4 is 5.32 Å². The third kappa shape index (κ3) is 3.93. The Bertz CT molecular complexity index is 792. The smallest absolute Gasteiger partial charge is 0.253 e. The van der Waals surface area contributed by atoms with E-state index in [-0.39, 0.29) is 29.6 Å². The maximum absolute atomic E-state index is 13.7. The number of amides is 2. The number of carbonyl (C=O) groups is 2. The summed E-state index contributed by atoms with van der Waals surface area (Å²) in [5.41, 5.74) is 1.34. The molecule has 5 heteroatoms. The van der Waals surface area contributed by atoms with Crippen LogP contribution in [0.2, 0.25) is 0 Å². The van der Waals surface area contributed by atoms with Gasteiger partial charge in [0.1, 0.15) is 5.82 Å². The van der Waals surface area contributed by atoms with Crippen LogP contribution in [-0.2, 0) is 4.79 Å². The summed E-state index contributed by atoms with van der Waals surface area (Å²) in [6.07, 6.45) is 0. The first-order valence-corrected chi connectivity index (χ1v) is 8.86. The lowest BCUT2D eigenvalue weighted by atomic mass is 9.88. The highest BCUT2D eigenvalue weighted by Gasteiger charge is 2.40. The van der Waals surface area contributed by atoms with Crippen LogP contribution in [0.1, 0.15) is 35.7 Å². The normalized spacial score (nSPS) is 19.6. The minimum atomic E-state index is -0.396. The number of rotatable bonds is 4. The van der Waals surface area contributed by atoms with E-state index in [4.69, 9.17) is 0 Å². The van der Waals surface area contributed by atoms with E-state index < -0.39 is 5.92 Å². The topological polar surface area (TPSA) is 49.4 Å². The standard InChI is InChI=1S/C21H23FN2O2/c1-14(2)23-20(25)19-13-24(21(26)15-7-4-3-5-8-15)12-18(19)16-9-6-10-17(22)11-16/h3-11,14,18-19H,12-13H2,1-2H3,(H,23,25)/t18-,19-/m0/s1. The molecule has 1 N–H and O–H groups in total. The molecule has 0 bridgehead atoms. The zero-order valence-electron chi connectivity index (χ0n) is 15.0. The fourth-order valence-corrected chi connectivity index (χ4v) is 3.47. The van der Waals surface area contributed by atoms with Crippen molar-refractivity contribution in [2.45, 2.75) is 25.8 Å². The lowest BCUT2D eigenvalue weighted by Gasteiger charge is -2.19. The molecule has 2 aromatic rings. The SMILES string of the molecule is CC(C)NC(=O)[C@H]1CN(C(=O)c2ccccc2)C[C@H]1c1cccc(F)c1. The number of benzene rings is 2. The summed E-state index contributed by atoms with van der Waals surface area (Å²) in [4.78, 5) is 27.2. The maximum Gasteiger partial charge on any atom is 0.253 e. The lowest BCUT2D eigenvalue weighted by molar-refractivity contribution is -0.125. The Morgan fingerprint density at radius 3 is 2.46 bits per heavy atom. The van der Waals surface area contributed by atoms with E-state index in [1.807, 2.05) is 38.1 Å². The number of nitrogens with one attached hydrogen (secondary N) is 1. The first-order chi connectivity index (χ1) is 12.5. The molecule has 2 aromatic carbocycles. The Balaban J connectivity index is 1.87. The van der Waals surface area contributed by atoms with E-state index in [1.165, 1.54) is 12.1 Å². The van der Waals surface area contributed by atoms with Crippen molar-refractivity contribution in [2.75, 3.05) is 13.1 Å². The zero-order valence-corrected chi connectivity index (χ0v) is 15.0. The van der Waals surface area contributed by atoms with Crippen molar-refractivity contribution in [3.05, 3.63) is 71.5 Å². The first kappa shape index (κ1) is 18.1.